The quantitative estimate of drug-likeness (QED) is 0.351. The largest absolute Gasteiger partial charge is 0.465 e. The Bertz CT molecular complexity index is 728. The fraction of sp³-hybridized carbons (Fsp3) is 0.0909. The highest BCUT2D eigenvalue weighted by molar-refractivity contribution is 9.10. The molecule has 1 aromatic carbocycles. The number of fused-ring (bicyclic) bond motifs is 1. The number of aromatic nitrogens is 1. The molecule has 0 atom stereocenters. The molecule has 0 fully saturated rings. The van der Waals surface area contributed by atoms with Crippen LogP contribution in [0.1, 0.15) is 10.4 Å². The smallest absolute Gasteiger partial charge is 0.339 e. The van der Waals surface area contributed by atoms with E-state index in [-0.39, 0.29) is 11.3 Å². The normalized spacial score (nSPS) is 10.1. The van der Waals surface area contributed by atoms with Gasteiger partial charge in [0.25, 0.3) is 0 Å². The van der Waals surface area contributed by atoms with Gasteiger partial charge in [0, 0.05) is 21.0 Å². The summed E-state index contributed by atoms with van der Waals surface area (Å²) in [5, 5.41) is 4.42. The van der Waals surface area contributed by atoms with Gasteiger partial charge in [0.05, 0.1) is 28.9 Å². The molecule has 1 aromatic heterocycles. The van der Waals surface area contributed by atoms with Crippen molar-refractivity contribution in [3.63, 3.8) is 0 Å². The van der Waals surface area contributed by atoms with Crippen molar-refractivity contribution >= 4 is 50.1 Å². The Kier molecular flexibility index (Phi) is 3.90. The highest BCUT2D eigenvalue weighted by atomic mass is 79.9. The van der Waals surface area contributed by atoms with Crippen molar-refractivity contribution in [2.45, 2.75) is 0 Å². The summed E-state index contributed by atoms with van der Waals surface area (Å²) in [5.41, 5.74) is 9.30. The Morgan fingerprint density at radius 1 is 1.58 bits per heavy atom. The van der Waals surface area contributed by atoms with E-state index < -0.39 is 5.97 Å². The Balaban J connectivity index is 2.96. The van der Waals surface area contributed by atoms with Gasteiger partial charge in [-0.1, -0.05) is 32.6 Å². The van der Waals surface area contributed by atoms with Crippen LogP contribution in [0.5, 0.6) is 0 Å². The van der Waals surface area contributed by atoms with Gasteiger partial charge in [-0.25, -0.2) is 4.79 Å². The van der Waals surface area contributed by atoms with E-state index in [0.717, 1.165) is 0 Å². The molecule has 8 heteroatoms. The first-order valence-electron chi connectivity index (χ1n) is 5.00. The van der Waals surface area contributed by atoms with Crippen molar-refractivity contribution < 1.29 is 9.53 Å². The van der Waals surface area contributed by atoms with Crippen LogP contribution < -0.4 is 0 Å². The van der Waals surface area contributed by atoms with Gasteiger partial charge in [0.15, 0.2) is 0 Å². The maximum Gasteiger partial charge on any atom is 0.339 e. The molecule has 0 spiro atoms. The SMILES string of the molecule is COC(=O)c1cnc2c(Cl)ccc(Br)c2c1N=[N+]=[N-]. The van der Waals surface area contributed by atoms with Gasteiger partial charge in [-0.15, -0.1) is 0 Å². The third kappa shape index (κ3) is 2.35. The van der Waals surface area contributed by atoms with Gasteiger partial charge >= 0.3 is 5.97 Å². The lowest BCUT2D eigenvalue weighted by molar-refractivity contribution is 0.0601. The molecule has 96 valence electrons. The van der Waals surface area contributed by atoms with Crippen LogP contribution in [0.15, 0.2) is 27.9 Å². The number of halogens is 2. The highest BCUT2D eigenvalue weighted by Gasteiger charge is 2.18. The van der Waals surface area contributed by atoms with Gasteiger partial charge in [0.1, 0.15) is 0 Å². The summed E-state index contributed by atoms with van der Waals surface area (Å²) in [6.07, 6.45) is 1.27. The number of esters is 1. The van der Waals surface area contributed by atoms with E-state index >= 15 is 0 Å². The van der Waals surface area contributed by atoms with E-state index in [9.17, 15) is 4.79 Å². The topological polar surface area (TPSA) is 88.0 Å². The zero-order chi connectivity index (χ0) is 14.0. The molecule has 0 aliphatic heterocycles. The van der Waals surface area contributed by atoms with Crippen LogP contribution in [-0.4, -0.2) is 18.1 Å². The minimum atomic E-state index is -0.635. The predicted molar refractivity (Wildman–Crippen MR) is 74.6 cm³/mol. The Labute approximate surface area is 121 Å². The number of nitrogens with zero attached hydrogens (tertiary/aromatic N) is 4. The first-order chi connectivity index (χ1) is 9.10. The molecule has 0 unspecified atom stereocenters. The maximum absolute atomic E-state index is 11.7. The second-order valence-corrected chi connectivity index (χ2v) is 4.72. The molecule has 19 heavy (non-hydrogen) atoms. The maximum atomic E-state index is 11.7. The Hall–Kier alpha value is -1.82. The minimum absolute atomic E-state index is 0.0794. The molecule has 0 aliphatic carbocycles. The fourth-order valence-corrected chi connectivity index (χ4v) is 2.34. The predicted octanol–water partition coefficient (Wildman–Crippen LogP) is 4.38. The average Bonchev–Trinajstić information content (AvgIpc) is 2.42. The number of hydrogen-bond acceptors (Lipinski definition) is 4. The molecule has 0 amide bonds. The van der Waals surface area contributed by atoms with Crippen LogP contribution in [0.25, 0.3) is 21.3 Å². The number of carbonyl (C=O) groups is 1. The van der Waals surface area contributed by atoms with Gasteiger partial charge in [-0.2, -0.15) is 0 Å². The Morgan fingerprint density at radius 2 is 2.32 bits per heavy atom. The first kappa shape index (κ1) is 13.6. The molecular weight excluding hydrogens is 336 g/mol. The molecule has 0 saturated carbocycles. The summed E-state index contributed by atoms with van der Waals surface area (Å²) < 4.78 is 5.25. The number of methoxy groups -OCH3 is 1. The molecular formula is C11H6BrClN4O2. The summed E-state index contributed by atoms with van der Waals surface area (Å²) >= 11 is 9.36. The van der Waals surface area contributed by atoms with E-state index in [1.165, 1.54) is 13.3 Å². The summed E-state index contributed by atoms with van der Waals surface area (Å²) in [5.74, 6) is -0.635. The number of ether oxygens (including phenoxy) is 1. The van der Waals surface area contributed by atoms with E-state index in [1.807, 2.05) is 0 Å². The van der Waals surface area contributed by atoms with Gasteiger partial charge < -0.3 is 4.74 Å². The van der Waals surface area contributed by atoms with Crippen molar-refractivity contribution in [1.82, 2.24) is 4.98 Å². The van der Waals surface area contributed by atoms with Gasteiger partial charge in [-0.3, -0.25) is 4.98 Å². The monoisotopic (exact) mass is 340 g/mol. The third-order valence-corrected chi connectivity index (χ3v) is 3.41. The summed E-state index contributed by atoms with van der Waals surface area (Å²) in [4.78, 5) is 18.5. The molecule has 1 heterocycles. The van der Waals surface area contributed by atoms with Crippen LogP contribution in [0.4, 0.5) is 5.69 Å². The molecule has 2 rings (SSSR count). The minimum Gasteiger partial charge on any atom is -0.465 e. The number of azide groups is 1. The fourth-order valence-electron chi connectivity index (χ4n) is 1.63. The standard InChI is InChI=1S/C11H6BrClN4O2/c1-19-11(18)5-4-15-10-7(13)3-2-6(12)8(10)9(5)16-17-14/h2-4H,1H3. The third-order valence-electron chi connectivity index (χ3n) is 2.44. The average molecular weight is 342 g/mol. The molecule has 6 nitrogen and oxygen atoms in total. The van der Waals surface area contributed by atoms with Crippen LogP contribution in [0.3, 0.4) is 0 Å². The Morgan fingerprint density at radius 3 is 2.95 bits per heavy atom. The zero-order valence-electron chi connectivity index (χ0n) is 9.59. The van der Waals surface area contributed by atoms with Crippen molar-refractivity contribution in [3.8, 4) is 0 Å². The lowest BCUT2D eigenvalue weighted by Crippen LogP contribution is -2.03. The number of rotatable bonds is 2. The molecule has 0 radical (unpaired) electrons. The number of pyridine rings is 1. The van der Waals surface area contributed by atoms with Crippen LogP contribution in [-0.2, 0) is 4.74 Å². The number of carbonyl (C=O) groups excluding carboxylic acids is 1. The lowest BCUT2D eigenvalue weighted by Gasteiger charge is -2.09. The van der Waals surface area contributed by atoms with E-state index in [4.69, 9.17) is 17.1 Å². The van der Waals surface area contributed by atoms with E-state index in [0.29, 0.717) is 20.4 Å². The van der Waals surface area contributed by atoms with E-state index in [1.54, 1.807) is 12.1 Å². The lowest BCUT2D eigenvalue weighted by atomic mass is 10.1. The summed E-state index contributed by atoms with van der Waals surface area (Å²) in [7, 11) is 1.24. The summed E-state index contributed by atoms with van der Waals surface area (Å²) in [6.45, 7) is 0. The number of hydrogen-bond donors (Lipinski definition) is 0. The molecule has 2 aromatic rings. The number of benzene rings is 1. The second-order valence-electron chi connectivity index (χ2n) is 3.45. The molecule has 0 N–H and O–H groups in total. The van der Waals surface area contributed by atoms with Crippen LogP contribution in [0.2, 0.25) is 5.02 Å². The van der Waals surface area contributed by atoms with Gasteiger partial charge in [0.2, 0.25) is 0 Å². The molecule has 0 bridgehead atoms. The summed E-state index contributed by atoms with van der Waals surface area (Å²) in [6, 6.07) is 3.34. The van der Waals surface area contributed by atoms with Crippen molar-refractivity contribution in [2.75, 3.05) is 7.11 Å². The van der Waals surface area contributed by atoms with Crippen LogP contribution in [0, 0.1) is 0 Å². The van der Waals surface area contributed by atoms with Crippen LogP contribution >= 0.6 is 27.5 Å². The highest BCUT2D eigenvalue weighted by Crippen LogP contribution is 2.37. The molecule has 0 saturated heterocycles. The van der Waals surface area contributed by atoms with Crippen molar-refractivity contribution in [2.24, 2.45) is 5.11 Å². The van der Waals surface area contributed by atoms with Crippen molar-refractivity contribution in [1.29, 1.82) is 0 Å². The zero-order valence-corrected chi connectivity index (χ0v) is 11.9. The molecule has 0 aliphatic rings. The van der Waals surface area contributed by atoms with Crippen molar-refractivity contribution in [3.05, 3.63) is 43.8 Å². The second kappa shape index (κ2) is 5.44. The van der Waals surface area contributed by atoms with E-state index in [2.05, 4.69) is 35.7 Å². The van der Waals surface area contributed by atoms with Gasteiger partial charge in [-0.05, 0) is 17.7 Å². The first-order valence-corrected chi connectivity index (χ1v) is 6.17.